The Labute approximate surface area is 181 Å². The van der Waals surface area contributed by atoms with E-state index in [0.29, 0.717) is 49.4 Å². The molecule has 0 saturated carbocycles. The third-order valence-corrected chi connectivity index (χ3v) is 5.25. The Hall–Kier alpha value is -3.00. The van der Waals surface area contributed by atoms with Crippen molar-refractivity contribution in [2.24, 2.45) is 0 Å². The summed E-state index contributed by atoms with van der Waals surface area (Å²) in [7, 11) is 0. The summed E-state index contributed by atoms with van der Waals surface area (Å²) in [6.07, 6.45) is 6.43. The maximum Gasteiger partial charge on any atom is 0.267 e. The summed E-state index contributed by atoms with van der Waals surface area (Å²) in [5.74, 6) is -0.358. The van der Waals surface area contributed by atoms with Crippen LogP contribution in [0.1, 0.15) is 56.3 Å². The molecule has 2 N–H and O–H groups in total. The molecule has 8 heteroatoms. The van der Waals surface area contributed by atoms with Crippen LogP contribution >= 0.6 is 0 Å². The first-order chi connectivity index (χ1) is 15.1. The molecule has 0 unspecified atom stereocenters. The summed E-state index contributed by atoms with van der Waals surface area (Å²) in [5.41, 5.74) is 1.00. The smallest absolute Gasteiger partial charge is 0.267 e. The fourth-order valence-electron chi connectivity index (χ4n) is 3.59. The minimum atomic E-state index is -0.358. The Kier molecular flexibility index (Phi) is 7.94. The number of ether oxygens (including phenoxy) is 1. The molecule has 0 fully saturated rings. The topological polar surface area (TPSA) is 101 Å². The van der Waals surface area contributed by atoms with Gasteiger partial charge in [-0.1, -0.05) is 32.3 Å². The molecule has 0 radical (unpaired) electrons. The first kappa shape index (κ1) is 22.7. The molecule has 0 aromatic carbocycles. The zero-order valence-corrected chi connectivity index (χ0v) is 18.3. The summed E-state index contributed by atoms with van der Waals surface area (Å²) in [5, 5.41) is 11.9. The van der Waals surface area contributed by atoms with Crippen LogP contribution < -0.4 is 16.4 Å². The predicted molar refractivity (Wildman–Crippen MR) is 120 cm³/mol. The Morgan fingerprint density at radius 1 is 1.19 bits per heavy atom. The largest absolute Gasteiger partial charge is 0.382 e. The van der Waals surface area contributed by atoms with Gasteiger partial charge in [-0.05, 0) is 38.0 Å². The number of fused-ring (bicyclic) bond motifs is 2. The van der Waals surface area contributed by atoms with Crippen LogP contribution in [0.4, 0.5) is 0 Å². The van der Waals surface area contributed by atoms with Crippen LogP contribution in [0.2, 0.25) is 0 Å². The zero-order valence-electron chi connectivity index (χ0n) is 18.3. The van der Waals surface area contributed by atoms with Crippen LogP contribution in [0.3, 0.4) is 0 Å². The quantitative estimate of drug-likeness (QED) is 0.364. The van der Waals surface area contributed by atoms with Gasteiger partial charge in [0.25, 0.3) is 11.5 Å². The molecule has 0 saturated heterocycles. The predicted octanol–water partition coefficient (Wildman–Crippen LogP) is 2.87. The minimum Gasteiger partial charge on any atom is -0.382 e. The molecule has 3 aromatic heterocycles. The Morgan fingerprint density at radius 2 is 2.03 bits per heavy atom. The lowest BCUT2D eigenvalue weighted by Gasteiger charge is -2.15. The molecule has 3 rings (SSSR count). The van der Waals surface area contributed by atoms with Crippen molar-refractivity contribution in [1.82, 2.24) is 19.3 Å². The summed E-state index contributed by atoms with van der Waals surface area (Å²) < 4.78 is 8.47. The van der Waals surface area contributed by atoms with E-state index in [9.17, 15) is 9.59 Å². The fourth-order valence-corrected chi connectivity index (χ4v) is 3.59. The molecular weight excluding hydrogens is 394 g/mol. The SMILES string of the molecule is CCCCCCn1c(=N)c(C(=O)NCCCOCC)cc2c(=O)n3ccccc3nc21. The van der Waals surface area contributed by atoms with E-state index in [0.717, 1.165) is 25.7 Å². The summed E-state index contributed by atoms with van der Waals surface area (Å²) in [6, 6.07) is 6.87. The number of pyridine rings is 2. The molecule has 31 heavy (non-hydrogen) atoms. The molecule has 166 valence electrons. The molecule has 0 aliphatic rings. The molecule has 0 aliphatic carbocycles. The highest BCUT2D eigenvalue weighted by molar-refractivity contribution is 5.96. The number of hydrogen-bond acceptors (Lipinski definition) is 5. The van der Waals surface area contributed by atoms with Crippen LogP contribution in [0.5, 0.6) is 0 Å². The van der Waals surface area contributed by atoms with Gasteiger partial charge in [-0.15, -0.1) is 0 Å². The van der Waals surface area contributed by atoms with E-state index in [1.807, 2.05) is 13.0 Å². The van der Waals surface area contributed by atoms with Crippen LogP contribution in [-0.4, -0.2) is 39.6 Å². The van der Waals surface area contributed by atoms with Crippen molar-refractivity contribution in [1.29, 1.82) is 5.41 Å². The Bertz CT molecular complexity index is 1170. The number of carbonyl (C=O) groups excluding carboxylic acids is 1. The molecule has 0 aliphatic heterocycles. The van der Waals surface area contributed by atoms with Gasteiger partial charge >= 0.3 is 0 Å². The second-order valence-electron chi connectivity index (χ2n) is 7.51. The molecule has 0 atom stereocenters. The van der Waals surface area contributed by atoms with Crippen molar-refractivity contribution in [2.45, 2.75) is 52.5 Å². The first-order valence-corrected chi connectivity index (χ1v) is 11.0. The van der Waals surface area contributed by atoms with Gasteiger partial charge in [0, 0.05) is 32.5 Å². The van der Waals surface area contributed by atoms with E-state index >= 15 is 0 Å². The molecule has 3 aromatic rings. The number of aromatic nitrogens is 3. The number of nitrogens with zero attached hydrogens (tertiary/aromatic N) is 3. The highest BCUT2D eigenvalue weighted by Gasteiger charge is 2.17. The molecule has 8 nitrogen and oxygen atoms in total. The van der Waals surface area contributed by atoms with Gasteiger partial charge in [0.05, 0.1) is 10.9 Å². The average molecular weight is 426 g/mol. The van der Waals surface area contributed by atoms with Gasteiger partial charge in [-0.25, -0.2) is 4.98 Å². The number of nitrogens with one attached hydrogen (secondary N) is 2. The third kappa shape index (κ3) is 5.19. The van der Waals surface area contributed by atoms with E-state index in [1.165, 1.54) is 10.5 Å². The first-order valence-electron chi connectivity index (χ1n) is 11.0. The monoisotopic (exact) mass is 425 g/mol. The van der Waals surface area contributed by atoms with Gasteiger partial charge in [0.15, 0.2) is 0 Å². The van der Waals surface area contributed by atoms with Gasteiger partial charge in [-0.2, -0.15) is 0 Å². The van der Waals surface area contributed by atoms with E-state index in [-0.39, 0.29) is 22.5 Å². The van der Waals surface area contributed by atoms with Crippen molar-refractivity contribution in [3.05, 3.63) is 51.9 Å². The van der Waals surface area contributed by atoms with E-state index in [4.69, 9.17) is 10.1 Å². The number of unbranched alkanes of at least 4 members (excludes halogenated alkanes) is 3. The van der Waals surface area contributed by atoms with E-state index < -0.39 is 0 Å². The fraction of sp³-hybridized carbons (Fsp3) is 0.478. The lowest BCUT2D eigenvalue weighted by molar-refractivity contribution is 0.0942. The maximum absolute atomic E-state index is 13.1. The van der Waals surface area contributed by atoms with Gasteiger partial charge < -0.3 is 14.6 Å². The zero-order chi connectivity index (χ0) is 22.2. The number of hydrogen-bond donors (Lipinski definition) is 2. The summed E-state index contributed by atoms with van der Waals surface area (Å²) in [6.45, 7) is 6.26. The second-order valence-corrected chi connectivity index (χ2v) is 7.51. The number of carbonyl (C=O) groups is 1. The van der Waals surface area contributed by atoms with E-state index in [2.05, 4.69) is 17.2 Å². The maximum atomic E-state index is 13.1. The molecule has 0 bridgehead atoms. The third-order valence-electron chi connectivity index (χ3n) is 5.25. The lowest BCUT2D eigenvalue weighted by atomic mass is 10.1. The lowest BCUT2D eigenvalue weighted by Crippen LogP contribution is -2.35. The van der Waals surface area contributed by atoms with Crippen LogP contribution in [-0.2, 0) is 11.3 Å². The summed E-state index contributed by atoms with van der Waals surface area (Å²) in [4.78, 5) is 30.6. The molecule has 1 amide bonds. The Balaban J connectivity index is 2.03. The minimum absolute atomic E-state index is 0.0819. The average Bonchev–Trinajstić information content (AvgIpc) is 2.78. The summed E-state index contributed by atoms with van der Waals surface area (Å²) >= 11 is 0. The van der Waals surface area contributed by atoms with Crippen LogP contribution in [0.25, 0.3) is 16.7 Å². The van der Waals surface area contributed by atoms with Crippen molar-refractivity contribution in [3.8, 4) is 0 Å². The highest BCUT2D eigenvalue weighted by Crippen LogP contribution is 2.12. The van der Waals surface area contributed by atoms with Crippen molar-refractivity contribution in [3.63, 3.8) is 0 Å². The van der Waals surface area contributed by atoms with Gasteiger partial charge in [0.1, 0.15) is 16.8 Å². The van der Waals surface area contributed by atoms with Crippen LogP contribution in [0.15, 0.2) is 35.3 Å². The number of amides is 1. The number of aryl methyl sites for hydroxylation is 1. The molecule has 3 heterocycles. The number of rotatable bonds is 11. The second kappa shape index (κ2) is 10.9. The normalized spacial score (nSPS) is 11.3. The van der Waals surface area contributed by atoms with Gasteiger partial charge in [0.2, 0.25) is 0 Å². The van der Waals surface area contributed by atoms with Crippen molar-refractivity contribution >= 4 is 22.6 Å². The Morgan fingerprint density at radius 3 is 2.81 bits per heavy atom. The van der Waals surface area contributed by atoms with Crippen LogP contribution in [0, 0.1) is 5.41 Å². The van der Waals surface area contributed by atoms with Crippen molar-refractivity contribution < 1.29 is 9.53 Å². The van der Waals surface area contributed by atoms with E-state index in [1.54, 1.807) is 22.9 Å². The van der Waals surface area contributed by atoms with Crippen molar-refractivity contribution in [2.75, 3.05) is 19.8 Å². The molecule has 0 spiro atoms. The molecular formula is C23H31N5O3. The standard InChI is InChI=1S/C23H31N5O3/c1-3-5-6-8-14-28-20(24)17(22(29)25-12-10-15-31-4-2)16-18-21(28)26-19-11-7-9-13-27(19)23(18)30/h7,9,11,13,16,24H,3-6,8,10,12,14-15H2,1-2H3,(H,25,29). The van der Waals surface area contributed by atoms with Gasteiger partial charge in [-0.3, -0.25) is 19.4 Å². The highest BCUT2D eigenvalue weighted by atomic mass is 16.5.